The van der Waals surface area contributed by atoms with Crippen molar-refractivity contribution in [2.45, 2.75) is 58.0 Å². The quantitative estimate of drug-likeness (QED) is 0.837. The van der Waals surface area contributed by atoms with Crippen LogP contribution in [0.4, 0.5) is 0 Å². The number of ether oxygens (including phenoxy) is 2. The van der Waals surface area contributed by atoms with Crippen molar-refractivity contribution in [2.24, 2.45) is 23.2 Å². The SMILES string of the molecule is CCOC(=O)[C@H]1C[C@H](O)[C@@]2(C)CCC3c4ccc(OC)cc4CCC3C12. The molecule has 4 nitrogen and oxygen atoms in total. The smallest absolute Gasteiger partial charge is 0.309 e. The third-order valence-electron chi connectivity index (χ3n) is 7.49. The highest BCUT2D eigenvalue weighted by atomic mass is 16.5. The van der Waals surface area contributed by atoms with Crippen molar-refractivity contribution < 1.29 is 19.4 Å². The number of esters is 1. The van der Waals surface area contributed by atoms with Gasteiger partial charge in [-0.3, -0.25) is 4.79 Å². The van der Waals surface area contributed by atoms with Gasteiger partial charge in [0, 0.05) is 0 Å². The lowest BCUT2D eigenvalue weighted by Crippen LogP contribution is -2.46. The normalized spacial score (nSPS) is 38.1. The lowest BCUT2D eigenvalue weighted by atomic mass is 9.54. The van der Waals surface area contributed by atoms with Gasteiger partial charge in [0.15, 0.2) is 0 Å². The third-order valence-corrected chi connectivity index (χ3v) is 7.49. The van der Waals surface area contributed by atoms with Crippen LogP contribution in [0, 0.1) is 23.2 Å². The van der Waals surface area contributed by atoms with E-state index in [4.69, 9.17) is 9.47 Å². The molecule has 0 bridgehead atoms. The molecule has 142 valence electrons. The number of carbonyl (C=O) groups is 1. The average Bonchev–Trinajstić information content (AvgIpc) is 2.92. The van der Waals surface area contributed by atoms with Crippen LogP contribution >= 0.6 is 0 Å². The number of hydrogen-bond donors (Lipinski definition) is 1. The molecule has 2 saturated carbocycles. The summed E-state index contributed by atoms with van der Waals surface area (Å²) in [7, 11) is 1.71. The van der Waals surface area contributed by atoms with Crippen LogP contribution in [0.2, 0.25) is 0 Å². The first-order valence-corrected chi connectivity index (χ1v) is 10.0. The fourth-order valence-corrected chi connectivity index (χ4v) is 6.26. The van der Waals surface area contributed by atoms with E-state index >= 15 is 0 Å². The molecular weight excluding hydrogens is 328 g/mol. The number of benzene rings is 1. The van der Waals surface area contributed by atoms with Gasteiger partial charge in [0.1, 0.15) is 5.75 Å². The molecule has 26 heavy (non-hydrogen) atoms. The Labute approximate surface area is 155 Å². The highest BCUT2D eigenvalue weighted by Gasteiger charge is 2.60. The van der Waals surface area contributed by atoms with Gasteiger partial charge in [-0.15, -0.1) is 0 Å². The molecule has 1 N–H and O–H groups in total. The Balaban J connectivity index is 1.69. The van der Waals surface area contributed by atoms with E-state index in [9.17, 15) is 9.90 Å². The fraction of sp³-hybridized carbons (Fsp3) is 0.682. The van der Waals surface area contributed by atoms with Gasteiger partial charge >= 0.3 is 5.97 Å². The molecule has 1 aromatic rings. The van der Waals surface area contributed by atoms with E-state index in [1.54, 1.807) is 7.11 Å². The predicted octanol–water partition coefficient (Wildman–Crippen LogP) is 3.70. The number of aliphatic hydroxyl groups excluding tert-OH is 1. The second-order valence-electron chi connectivity index (χ2n) is 8.55. The van der Waals surface area contributed by atoms with E-state index in [1.807, 2.05) is 6.92 Å². The van der Waals surface area contributed by atoms with E-state index in [-0.39, 0.29) is 23.2 Å². The van der Waals surface area contributed by atoms with E-state index < -0.39 is 6.10 Å². The number of aryl methyl sites for hydroxylation is 1. The summed E-state index contributed by atoms with van der Waals surface area (Å²) in [6, 6.07) is 6.45. The first-order chi connectivity index (χ1) is 12.5. The molecule has 2 fully saturated rings. The summed E-state index contributed by atoms with van der Waals surface area (Å²) in [5.41, 5.74) is 2.65. The molecule has 0 radical (unpaired) electrons. The Morgan fingerprint density at radius 3 is 2.88 bits per heavy atom. The van der Waals surface area contributed by atoms with Gasteiger partial charge < -0.3 is 14.6 Å². The highest BCUT2D eigenvalue weighted by Crippen LogP contribution is 2.63. The van der Waals surface area contributed by atoms with E-state index in [0.29, 0.717) is 24.9 Å². The molecule has 0 amide bonds. The Hall–Kier alpha value is -1.55. The second kappa shape index (κ2) is 6.56. The van der Waals surface area contributed by atoms with E-state index in [1.165, 1.54) is 11.1 Å². The Kier molecular flexibility index (Phi) is 4.50. The minimum Gasteiger partial charge on any atom is -0.497 e. The molecule has 0 heterocycles. The van der Waals surface area contributed by atoms with Crippen LogP contribution < -0.4 is 4.74 Å². The molecule has 0 spiro atoms. The van der Waals surface area contributed by atoms with E-state index in [2.05, 4.69) is 25.1 Å². The van der Waals surface area contributed by atoms with Crippen LogP contribution in [0.15, 0.2) is 18.2 Å². The lowest BCUT2D eigenvalue weighted by Gasteiger charge is -2.51. The standard InChI is InChI=1S/C22H30O4/c1-4-26-21(24)18-12-19(23)22(2)10-9-16-15-8-6-14(25-3)11-13(15)5-7-17(16)20(18)22/h6,8,11,16-20,23H,4-5,7,9-10,12H2,1-3H3/t16?,17?,18-,19-,20?,22+/m0/s1. The molecule has 3 aliphatic carbocycles. The number of methoxy groups -OCH3 is 1. The Morgan fingerprint density at radius 1 is 1.35 bits per heavy atom. The first-order valence-electron chi connectivity index (χ1n) is 10.0. The molecular formula is C22H30O4. The maximum absolute atomic E-state index is 12.6. The van der Waals surface area contributed by atoms with Gasteiger partial charge in [0.25, 0.3) is 0 Å². The Morgan fingerprint density at radius 2 is 2.15 bits per heavy atom. The largest absolute Gasteiger partial charge is 0.497 e. The van der Waals surface area contributed by atoms with E-state index in [0.717, 1.165) is 31.4 Å². The summed E-state index contributed by atoms with van der Waals surface area (Å²) in [5, 5.41) is 10.8. The summed E-state index contributed by atoms with van der Waals surface area (Å²) in [6.45, 7) is 4.46. The van der Waals surface area contributed by atoms with Gasteiger partial charge in [-0.2, -0.15) is 0 Å². The van der Waals surface area contributed by atoms with Crippen molar-refractivity contribution in [3.8, 4) is 5.75 Å². The summed E-state index contributed by atoms with van der Waals surface area (Å²) < 4.78 is 10.8. The second-order valence-corrected chi connectivity index (χ2v) is 8.55. The minimum atomic E-state index is -0.403. The van der Waals surface area contributed by atoms with Crippen molar-refractivity contribution in [1.29, 1.82) is 0 Å². The Bertz CT molecular complexity index is 699. The number of fused-ring (bicyclic) bond motifs is 5. The summed E-state index contributed by atoms with van der Waals surface area (Å²) in [4.78, 5) is 12.6. The number of aliphatic hydroxyl groups is 1. The maximum atomic E-state index is 12.6. The van der Waals surface area contributed by atoms with Crippen molar-refractivity contribution in [3.63, 3.8) is 0 Å². The molecule has 4 heteroatoms. The topological polar surface area (TPSA) is 55.8 Å². The predicted molar refractivity (Wildman–Crippen MR) is 99.1 cm³/mol. The molecule has 0 aromatic heterocycles. The average molecular weight is 358 g/mol. The summed E-state index contributed by atoms with van der Waals surface area (Å²) in [6.07, 6.45) is 4.31. The van der Waals surface area contributed by atoms with Crippen molar-refractivity contribution in [3.05, 3.63) is 29.3 Å². The monoisotopic (exact) mass is 358 g/mol. The molecule has 0 aliphatic heterocycles. The molecule has 6 atom stereocenters. The molecule has 3 aliphatic rings. The van der Waals surface area contributed by atoms with Crippen LogP contribution in [-0.2, 0) is 16.0 Å². The summed E-state index contributed by atoms with van der Waals surface area (Å²) in [5.74, 6) is 1.78. The van der Waals surface area contributed by atoms with Gasteiger partial charge in [-0.25, -0.2) is 0 Å². The lowest BCUT2D eigenvalue weighted by molar-refractivity contribution is -0.152. The minimum absolute atomic E-state index is 0.110. The van der Waals surface area contributed by atoms with Crippen LogP contribution in [0.5, 0.6) is 5.75 Å². The highest BCUT2D eigenvalue weighted by molar-refractivity contribution is 5.73. The van der Waals surface area contributed by atoms with Crippen molar-refractivity contribution in [1.82, 2.24) is 0 Å². The van der Waals surface area contributed by atoms with Crippen molar-refractivity contribution >= 4 is 5.97 Å². The van der Waals surface area contributed by atoms with Crippen LogP contribution in [-0.4, -0.2) is 30.9 Å². The number of rotatable bonds is 3. The van der Waals surface area contributed by atoms with Gasteiger partial charge in [-0.05, 0) is 85.5 Å². The van der Waals surface area contributed by atoms with Crippen LogP contribution in [0.25, 0.3) is 0 Å². The van der Waals surface area contributed by atoms with Crippen LogP contribution in [0.3, 0.4) is 0 Å². The van der Waals surface area contributed by atoms with Gasteiger partial charge in [0.05, 0.1) is 25.7 Å². The van der Waals surface area contributed by atoms with Crippen LogP contribution in [0.1, 0.15) is 56.6 Å². The molecule has 3 unspecified atom stereocenters. The maximum Gasteiger partial charge on any atom is 0.309 e. The molecule has 0 saturated heterocycles. The number of hydrogen-bond acceptors (Lipinski definition) is 4. The zero-order valence-corrected chi connectivity index (χ0v) is 16.0. The molecule has 1 aromatic carbocycles. The fourth-order valence-electron chi connectivity index (χ4n) is 6.26. The number of carbonyl (C=O) groups excluding carboxylic acids is 1. The van der Waals surface area contributed by atoms with Gasteiger partial charge in [-0.1, -0.05) is 13.0 Å². The van der Waals surface area contributed by atoms with Crippen molar-refractivity contribution in [2.75, 3.05) is 13.7 Å². The zero-order chi connectivity index (χ0) is 18.5. The first kappa shape index (κ1) is 17.8. The van der Waals surface area contributed by atoms with Gasteiger partial charge in [0.2, 0.25) is 0 Å². The molecule has 4 rings (SSSR count). The third kappa shape index (κ3) is 2.57. The zero-order valence-electron chi connectivity index (χ0n) is 16.0. The summed E-state index contributed by atoms with van der Waals surface area (Å²) >= 11 is 0.